The van der Waals surface area contributed by atoms with Crippen molar-refractivity contribution >= 4 is 6.08 Å². The van der Waals surface area contributed by atoms with Crippen molar-refractivity contribution in [1.29, 1.82) is 0 Å². The van der Waals surface area contributed by atoms with Crippen molar-refractivity contribution in [2.75, 3.05) is 6.54 Å². The van der Waals surface area contributed by atoms with E-state index in [4.69, 9.17) is 6.42 Å². The van der Waals surface area contributed by atoms with Crippen LogP contribution in [-0.2, 0) is 12.8 Å². The van der Waals surface area contributed by atoms with Crippen LogP contribution in [0.5, 0.6) is 0 Å². The van der Waals surface area contributed by atoms with E-state index in [0.717, 1.165) is 25.8 Å². The molecule has 0 bridgehead atoms. The standard InChI is InChI=1S/C17H23N/c1-5-9-17(18-8-4)13-16-11-14(6-2)10-15(7-3)12-16/h1,6,10-12,17-18H,2,7-9,13H2,3-4H3. The fourth-order valence-corrected chi connectivity index (χ4v) is 2.16. The third-order valence-corrected chi connectivity index (χ3v) is 3.06. The van der Waals surface area contributed by atoms with Gasteiger partial charge in [-0.05, 0) is 36.1 Å². The van der Waals surface area contributed by atoms with Crippen molar-refractivity contribution in [1.82, 2.24) is 5.32 Å². The van der Waals surface area contributed by atoms with E-state index in [1.165, 1.54) is 16.7 Å². The summed E-state index contributed by atoms with van der Waals surface area (Å²) in [5.41, 5.74) is 3.89. The molecule has 1 atom stereocenters. The summed E-state index contributed by atoms with van der Waals surface area (Å²) in [5, 5.41) is 3.44. The van der Waals surface area contributed by atoms with Crippen molar-refractivity contribution < 1.29 is 0 Å². The molecule has 1 nitrogen and oxygen atoms in total. The smallest absolute Gasteiger partial charge is 0.0243 e. The first-order valence-electron chi connectivity index (χ1n) is 6.65. The Hall–Kier alpha value is -1.52. The van der Waals surface area contributed by atoms with Gasteiger partial charge < -0.3 is 5.32 Å². The molecular formula is C17H23N. The first kappa shape index (κ1) is 14.5. The molecule has 0 aliphatic rings. The fourth-order valence-electron chi connectivity index (χ4n) is 2.16. The second kappa shape index (κ2) is 7.74. The van der Waals surface area contributed by atoms with E-state index in [-0.39, 0.29) is 0 Å². The Balaban J connectivity index is 2.87. The average molecular weight is 241 g/mol. The molecule has 0 fully saturated rings. The highest BCUT2D eigenvalue weighted by Gasteiger charge is 2.08. The van der Waals surface area contributed by atoms with Gasteiger partial charge in [0.1, 0.15) is 0 Å². The Morgan fingerprint density at radius 3 is 2.61 bits per heavy atom. The van der Waals surface area contributed by atoms with E-state index in [1.54, 1.807) is 0 Å². The molecule has 96 valence electrons. The second-order valence-electron chi connectivity index (χ2n) is 4.51. The van der Waals surface area contributed by atoms with E-state index in [2.05, 4.69) is 49.9 Å². The molecule has 1 unspecified atom stereocenters. The molecule has 0 aliphatic carbocycles. The lowest BCUT2D eigenvalue weighted by Gasteiger charge is -2.16. The van der Waals surface area contributed by atoms with Crippen molar-refractivity contribution in [2.45, 2.75) is 39.2 Å². The van der Waals surface area contributed by atoms with E-state index < -0.39 is 0 Å². The monoisotopic (exact) mass is 241 g/mol. The SMILES string of the molecule is C#CCC(Cc1cc(C=C)cc(CC)c1)NCC. The number of rotatable bonds is 7. The summed E-state index contributed by atoms with van der Waals surface area (Å²) in [7, 11) is 0. The number of benzene rings is 1. The molecule has 0 heterocycles. The van der Waals surface area contributed by atoms with Gasteiger partial charge in [0.2, 0.25) is 0 Å². The van der Waals surface area contributed by atoms with E-state index in [0.29, 0.717) is 6.04 Å². The predicted octanol–water partition coefficient (Wildman–Crippen LogP) is 3.44. The minimum Gasteiger partial charge on any atom is -0.313 e. The molecule has 0 radical (unpaired) electrons. The van der Waals surface area contributed by atoms with Crippen LogP contribution < -0.4 is 5.32 Å². The topological polar surface area (TPSA) is 12.0 Å². The van der Waals surface area contributed by atoms with Gasteiger partial charge in [-0.15, -0.1) is 12.3 Å². The van der Waals surface area contributed by atoms with Crippen LogP contribution in [0.3, 0.4) is 0 Å². The zero-order valence-corrected chi connectivity index (χ0v) is 11.5. The Bertz CT molecular complexity index is 426. The molecule has 0 aliphatic heterocycles. The minimum atomic E-state index is 0.366. The Labute approximate surface area is 111 Å². The van der Waals surface area contributed by atoms with Crippen molar-refractivity contribution in [2.24, 2.45) is 0 Å². The Morgan fingerprint density at radius 2 is 2.06 bits per heavy atom. The molecular weight excluding hydrogens is 218 g/mol. The largest absolute Gasteiger partial charge is 0.313 e. The molecule has 1 rings (SSSR count). The lowest BCUT2D eigenvalue weighted by molar-refractivity contribution is 0.535. The normalized spacial score (nSPS) is 11.8. The molecule has 1 aromatic rings. The molecule has 0 spiro atoms. The van der Waals surface area contributed by atoms with Crippen LogP contribution in [0.1, 0.15) is 37.0 Å². The highest BCUT2D eigenvalue weighted by molar-refractivity contribution is 5.50. The van der Waals surface area contributed by atoms with Gasteiger partial charge in [0.05, 0.1) is 0 Å². The molecule has 18 heavy (non-hydrogen) atoms. The maximum Gasteiger partial charge on any atom is 0.0243 e. The van der Waals surface area contributed by atoms with Gasteiger partial charge in [-0.2, -0.15) is 0 Å². The number of likely N-dealkylation sites (N-methyl/N-ethyl adjacent to an activating group) is 1. The molecule has 0 aromatic heterocycles. The minimum absolute atomic E-state index is 0.366. The van der Waals surface area contributed by atoms with Gasteiger partial charge in [0.15, 0.2) is 0 Å². The third kappa shape index (κ3) is 4.39. The van der Waals surface area contributed by atoms with Crippen molar-refractivity contribution in [3.05, 3.63) is 41.5 Å². The maximum atomic E-state index is 5.42. The summed E-state index contributed by atoms with van der Waals surface area (Å²) in [6.45, 7) is 9.09. The average Bonchev–Trinajstić information content (AvgIpc) is 2.38. The zero-order valence-electron chi connectivity index (χ0n) is 11.5. The van der Waals surface area contributed by atoms with E-state index in [1.807, 2.05) is 6.08 Å². The van der Waals surface area contributed by atoms with Crippen LogP contribution >= 0.6 is 0 Å². The van der Waals surface area contributed by atoms with Gasteiger partial charge in [0, 0.05) is 12.5 Å². The van der Waals surface area contributed by atoms with E-state index in [9.17, 15) is 0 Å². The van der Waals surface area contributed by atoms with E-state index >= 15 is 0 Å². The quantitative estimate of drug-likeness (QED) is 0.721. The number of terminal acetylenes is 1. The Morgan fingerprint density at radius 1 is 1.33 bits per heavy atom. The van der Waals surface area contributed by atoms with Gasteiger partial charge in [-0.1, -0.05) is 44.7 Å². The lowest BCUT2D eigenvalue weighted by atomic mass is 9.98. The number of hydrogen-bond acceptors (Lipinski definition) is 1. The predicted molar refractivity (Wildman–Crippen MR) is 80.5 cm³/mol. The van der Waals surface area contributed by atoms with Crippen LogP contribution in [0.25, 0.3) is 6.08 Å². The van der Waals surface area contributed by atoms with Gasteiger partial charge in [0.25, 0.3) is 0 Å². The fraction of sp³-hybridized carbons (Fsp3) is 0.412. The summed E-state index contributed by atoms with van der Waals surface area (Å²) >= 11 is 0. The summed E-state index contributed by atoms with van der Waals surface area (Å²) in [6, 6.07) is 7.03. The van der Waals surface area contributed by atoms with Gasteiger partial charge in [-0.25, -0.2) is 0 Å². The number of aryl methyl sites for hydroxylation is 1. The highest BCUT2D eigenvalue weighted by atomic mass is 14.9. The molecule has 0 saturated heterocycles. The maximum absolute atomic E-state index is 5.42. The lowest BCUT2D eigenvalue weighted by Crippen LogP contribution is -2.30. The van der Waals surface area contributed by atoms with Crippen LogP contribution in [-0.4, -0.2) is 12.6 Å². The van der Waals surface area contributed by atoms with Crippen molar-refractivity contribution in [3.8, 4) is 12.3 Å². The molecule has 1 aromatic carbocycles. The molecule has 0 amide bonds. The first-order chi connectivity index (χ1) is 8.73. The third-order valence-electron chi connectivity index (χ3n) is 3.06. The Kier molecular flexibility index (Phi) is 6.25. The summed E-state index contributed by atoms with van der Waals surface area (Å²) in [6.07, 6.45) is 10.1. The summed E-state index contributed by atoms with van der Waals surface area (Å²) in [4.78, 5) is 0. The summed E-state index contributed by atoms with van der Waals surface area (Å²) < 4.78 is 0. The van der Waals surface area contributed by atoms with Crippen LogP contribution in [0.2, 0.25) is 0 Å². The second-order valence-corrected chi connectivity index (χ2v) is 4.51. The van der Waals surface area contributed by atoms with Crippen LogP contribution in [0.15, 0.2) is 24.8 Å². The number of nitrogens with one attached hydrogen (secondary N) is 1. The van der Waals surface area contributed by atoms with Crippen LogP contribution in [0.4, 0.5) is 0 Å². The number of hydrogen-bond donors (Lipinski definition) is 1. The molecule has 1 heteroatoms. The van der Waals surface area contributed by atoms with Crippen molar-refractivity contribution in [3.63, 3.8) is 0 Å². The summed E-state index contributed by atoms with van der Waals surface area (Å²) in [5.74, 6) is 2.75. The van der Waals surface area contributed by atoms with Crippen LogP contribution in [0, 0.1) is 12.3 Å². The van der Waals surface area contributed by atoms with Gasteiger partial charge in [-0.3, -0.25) is 0 Å². The first-order valence-corrected chi connectivity index (χ1v) is 6.65. The molecule has 0 saturated carbocycles. The molecule has 1 N–H and O–H groups in total. The zero-order chi connectivity index (χ0) is 13.4. The van der Waals surface area contributed by atoms with Gasteiger partial charge >= 0.3 is 0 Å². The highest BCUT2D eigenvalue weighted by Crippen LogP contribution is 2.14.